The van der Waals surface area contributed by atoms with E-state index in [2.05, 4.69) is 0 Å². The summed E-state index contributed by atoms with van der Waals surface area (Å²) in [5.41, 5.74) is 3.30. The molecule has 0 radical (unpaired) electrons. The zero-order valence-electron chi connectivity index (χ0n) is 19.7. The third-order valence-corrected chi connectivity index (χ3v) is 6.00. The molecular formula is C28H27NO5. The van der Waals surface area contributed by atoms with Crippen LogP contribution in [0.2, 0.25) is 0 Å². The van der Waals surface area contributed by atoms with E-state index in [-0.39, 0.29) is 11.3 Å². The average molecular weight is 458 g/mol. The van der Waals surface area contributed by atoms with Crippen molar-refractivity contribution in [2.24, 2.45) is 0 Å². The highest BCUT2D eigenvalue weighted by molar-refractivity contribution is 6.51. The number of methoxy groups -OCH3 is 1. The summed E-state index contributed by atoms with van der Waals surface area (Å²) >= 11 is 0. The van der Waals surface area contributed by atoms with E-state index in [1.54, 1.807) is 36.4 Å². The number of benzene rings is 3. The first-order valence-electron chi connectivity index (χ1n) is 11.1. The Balaban J connectivity index is 1.97. The first kappa shape index (κ1) is 23.1. The number of Topliss-reactive ketones (excluding diaryl/α,β-unsaturated/α-hetero) is 1. The molecule has 34 heavy (non-hydrogen) atoms. The number of aryl methyl sites for hydroxylation is 2. The molecule has 1 aliphatic rings. The maximum Gasteiger partial charge on any atom is 0.300 e. The summed E-state index contributed by atoms with van der Waals surface area (Å²) in [5, 5.41) is 11.4. The number of para-hydroxylation sites is 2. The van der Waals surface area contributed by atoms with Gasteiger partial charge in [-0.3, -0.25) is 14.5 Å². The van der Waals surface area contributed by atoms with Crippen molar-refractivity contribution < 1.29 is 24.2 Å². The van der Waals surface area contributed by atoms with Gasteiger partial charge in [-0.2, -0.15) is 0 Å². The van der Waals surface area contributed by atoms with Gasteiger partial charge in [0.25, 0.3) is 11.7 Å². The summed E-state index contributed by atoms with van der Waals surface area (Å²) in [4.78, 5) is 28.2. The van der Waals surface area contributed by atoms with Crippen LogP contribution in [0.25, 0.3) is 5.76 Å². The average Bonchev–Trinajstić information content (AvgIpc) is 3.10. The van der Waals surface area contributed by atoms with E-state index in [1.165, 1.54) is 12.0 Å². The molecule has 0 aliphatic carbocycles. The molecule has 4 rings (SSSR count). The first-order chi connectivity index (χ1) is 16.4. The summed E-state index contributed by atoms with van der Waals surface area (Å²) in [5.74, 6) is -0.475. The second kappa shape index (κ2) is 9.43. The van der Waals surface area contributed by atoms with Crippen molar-refractivity contribution in [3.8, 4) is 11.5 Å². The highest BCUT2D eigenvalue weighted by Crippen LogP contribution is 2.45. The minimum Gasteiger partial charge on any atom is -0.507 e. The molecule has 6 nitrogen and oxygen atoms in total. The summed E-state index contributed by atoms with van der Waals surface area (Å²) in [6, 6.07) is 18.9. The second-order valence-corrected chi connectivity index (χ2v) is 8.11. The number of ether oxygens (including phenoxy) is 2. The summed E-state index contributed by atoms with van der Waals surface area (Å²) < 4.78 is 11.2. The van der Waals surface area contributed by atoms with Crippen molar-refractivity contribution in [2.75, 3.05) is 18.6 Å². The quantitative estimate of drug-likeness (QED) is 0.307. The van der Waals surface area contributed by atoms with Gasteiger partial charge < -0.3 is 14.6 Å². The fourth-order valence-corrected chi connectivity index (χ4v) is 4.37. The zero-order valence-corrected chi connectivity index (χ0v) is 19.7. The molecule has 0 saturated carbocycles. The van der Waals surface area contributed by atoms with Crippen LogP contribution in [0.1, 0.15) is 35.2 Å². The van der Waals surface area contributed by atoms with Gasteiger partial charge in [0, 0.05) is 16.8 Å². The maximum atomic E-state index is 13.4. The molecule has 6 heteroatoms. The lowest BCUT2D eigenvalue weighted by atomic mass is 9.93. The number of hydrogen-bond donors (Lipinski definition) is 1. The van der Waals surface area contributed by atoms with Crippen molar-refractivity contribution in [1.82, 2.24) is 0 Å². The molecule has 1 amide bonds. The number of hydrogen-bond acceptors (Lipinski definition) is 5. The Morgan fingerprint density at radius 3 is 2.32 bits per heavy atom. The van der Waals surface area contributed by atoms with Gasteiger partial charge in [-0.05, 0) is 62.2 Å². The number of aliphatic hydroxyl groups excluding tert-OH is 1. The van der Waals surface area contributed by atoms with Crippen LogP contribution < -0.4 is 14.4 Å². The molecule has 0 bridgehead atoms. The van der Waals surface area contributed by atoms with Crippen molar-refractivity contribution >= 4 is 23.1 Å². The summed E-state index contributed by atoms with van der Waals surface area (Å²) in [7, 11) is 1.54. The molecule has 3 aromatic carbocycles. The van der Waals surface area contributed by atoms with Crippen LogP contribution >= 0.6 is 0 Å². The van der Waals surface area contributed by atoms with Gasteiger partial charge in [-0.25, -0.2) is 0 Å². The molecule has 0 spiro atoms. The highest BCUT2D eigenvalue weighted by atomic mass is 16.5. The van der Waals surface area contributed by atoms with Crippen LogP contribution in [-0.4, -0.2) is 30.5 Å². The first-order valence-corrected chi connectivity index (χ1v) is 11.1. The van der Waals surface area contributed by atoms with Crippen molar-refractivity contribution in [1.29, 1.82) is 0 Å². The lowest BCUT2D eigenvalue weighted by Crippen LogP contribution is -2.30. The van der Waals surface area contributed by atoms with Gasteiger partial charge in [-0.15, -0.1) is 0 Å². The number of aliphatic hydroxyl groups is 1. The highest BCUT2D eigenvalue weighted by Gasteiger charge is 2.48. The van der Waals surface area contributed by atoms with Crippen LogP contribution in [-0.2, 0) is 9.59 Å². The van der Waals surface area contributed by atoms with E-state index in [9.17, 15) is 14.7 Å². The molecule has 1 unspecified atom stereocenters. The van der Waals surface area contributed by atoms with Gasteiger partial charge in [0.1, 0.15) is 17.3 Å². The predicted molar refractivity (Wildman–Crippen MR) is 131 cm³/mol. The second-order valence-electron chi connectivity index (χ2n) is 8.11. The molecular weight excluding hydrogens is 430 g/mol. The van der Waals surface area contributed by atoms with Gasteiger partial charge in [0.05, 0.1) is 25.3 Å². The molecule has 1 heterocycles. The normalized spacial score (nSPS) is 17.2. The topological polar surface area (TPSA) is 76.1 Å². The van der Waals surface area contributed by atoms with E-state index in [0.717, 1.165) is 11.1 Å². The van der Waals surface area contributed by atoms with Gasteiger partial charge in [0.15, 0.2) is 0 Å². The van der Waals surface area contributed by atoms with Gasteiger partial charge >= 0.3 is 0 Å². The number of carbonyl (C=O) groups is 2. The van der Waals surface area contributed by atoms with E-state index < -0.39 is 17.7 Å². The minimum atomic E-state index is -0.857. The Bertz CT molecular complexity index is 1290. The number of nitrogens with zero attached hydrogens (tertiary/aromatic N) is 1. The Morgan fingerprint density at radius 1 is 0.941 bits per heavy atom. The molecule has 3 aromatic rings. The van der Waals surface area contributed by atoms with Crippen LogP contribution in [0, 0.1) is 13.8 Å². The number of carbonyl (C=O) groups excluding carboxylic acids is 2. The molecule has 1 fully saturated rings. The minimum absolute atomic E-state index is 0.0151. The Kier molecular flexibility index (Phi) is 6.41. The molecule has 1 N–H and O–H groups in total. The standard InChI is InChI=1S/C28H27NO5/c1-5-34-22-15-14-19(16-18(22)3)26(30)24-25(20-11-7-9-13-23(20)33-4)29(28(32)27(24)31)21-12-8-6-10-17(21)2/h6-16,25,30H,5H2,1-4H3/b26-24+. The summed E-state index contributed by atoms with van der Waals surface area (Å²) in [6.45, 7) is 6.16. The predicted octanol–water partition coefficient (Wildman–Crippen LogP) is 5.34. The molecule has 174 valence electrons. The zero-order chi connectivity index (χ0) is 24.4. The smallest absolute Gasteiger partial charge is 0.300 e. The van der Waals surface area contributed by atoms with Crippen molar-refractivity contribution in [3.05, 3.63) is 94.6 Å². The van der Waals surface area contributed by atoms with Crippen LogP contribution in [0.3, 0.4) is 0 Å². The number of ketones is 1. The lowest BCUT2D eigenvalue weighted by Gasteiger charge is -2.27. The SMILES string of the molecule is CCOc1ccc(/C(O)=C2\C(=O)C(=O)N(c3ccccc3C)C2c2ccccc2OC)cc1C. The Hall–Kier alpha value is -4.06. The van der Waals surface area contributed by atoms with Gasteiger partial charge in [0.2, 0.25) is 0 Å². The van der Waals surface area contributed by atoms with Gasteiger partial charge in [-0.1, -0.05) is 36.4 Å². The maximum absolute atomic E-state index is 13.4. The van der Waals surface area contributed by atoms with Crippen LogP contribution in [0.4, 0.5) is 5.69 Å². The third-order valence-electron chi connectivity index (χ3n) is 6.00. The Morgan fingerprint density at radius 2 is 1.65 bits per heavy atom. The molecule has 1 atom stereocenters. The largest absolute Gasteiger partial charge is 0.507 e. The van der Waals surface area contributed by atoms with E-state index >= 15 is 0 Å². The molecule has 0 aromatic heterocycles. The monoisotopic (exact) mass is 457 g/mol. The van der Waals surface area contributed by atoms with E-state index in [0.29, 0.717) is 34.9 Å². The van der Waals surface area contributed by atoms with Crippen LogP contribution in [0.5, 0.6) is 11.5 Å². The number of rotatable bonds is 6. The molecule has 1 saturated heterocycles. The van der Waals surface area contributed by atoms with Crippen LogP contribution in [0.15, 0.2) is 72.3 Å². The lowest BCUT2D eigenvalue weighted by molar-refractivity contribution is -0.132. The number of anilines is 1. The fraction of sp³-hybridized carbons (Fsp3) is 0.214. The van der Waals surface area contributed by atoms with E-state index in [4.69, 9.17) is 9.47 Å². The van der Waals surface area contributed by atoms with Crippen molar-refractivity contribution in [2.45, 2.75) is 26.8 Å². The van der Waals surface area contributed by atoms with E-state index in [1.807, 2.05) is 51.1 Å². The Labute approximate surface area is 199 Å². The third kappa shape index (κ3) is 3.92. The number of amides is 1. The summed E-state index contributed by atoms with van der Waals surface area (Å²) in [6.07, 6.45) is 0. The molecule has 1 aliphatic heterocycles. The fourth-order valence-electron chi connectivity index (χ4n) is 4.37. The van der Waals surface area contributed by atoms with Crippen molar-refractivity contribution in [3.63, 3.8) is 0 Å².